The van der Waals surface area contributed by atoms with Gasteiger partial charge in [-0.15, -0.1) is 0 Å². The second-order valence-electron chi connectivity index (χ2n) is 6.76. The van der Waals surface area contributed by atoms with Gasteiger partial charge in [0.1, 0.15) is 5.39 Å². The summed E-state index contributed by atoms with van der Waals surface area (Å²) in [4.78, 5) is 33.3. The number of nitrogens with zero attached hydrogens (tertiary/aromatic N) is 5. The zero-order valence-electron chi connectivity index (χ0n) is 15.9. The topological polar surface area (TPSA) is 94.7 Å². The van der Waals surface area contributed by atoms with Crippen molar-refractivity contribution < 1.29 is 4.79 Å². The van der Waals surface area contributed by atoms with Gasteiger partial charge in [0.25, 0.3) is 5.56 Å². The van der Waals surface area contributed by atoms with Crippen LogP contribution in [-0.2, 0) is 17.9 Å². The number of hydrogen-bond acceptors (Lipinski definition) is 5. The van der Waals surface area contributed by atoms with Crippen LogP contribution in [0.1, 0.15) is 17.5 Å². The number of hydrogen-bond donors (Lipinski definition) is 1. The highest BCUT2D eigenvalue weighted by Gasteiger charge is 2.12. The summed E-state index contributed by atoms with van der Waals surface area (Å²) >= 11 is 0. The van der Waals surface area contributed by atoms with E-state index in [4.69, 9.17) is 0 Å². The largest absolute Gasteiger partial charge is 0.352 e. The quantitative estimate of drug-likeness (QED) is 0.545. The number of aromatic nitrogens is 5. The van der Waals surface area contributed by atoms with Crippen LogP contribution in [0.4, 0.5) is 0 Å². The van der Waals surface area contributed by atoms with Crippen molar-refractivity contribution in [2.45, 2.75) is 26.4 Å². The molecule has 1 amide bonds. The Morgan fingerprint density at radius 2 is 1.97 bits per heavy atom. The maximum Gasteiger partial charge on any atom is 0.264 e. The molecule has 1 N–H and O–H groups in total. The minimum atomic E-state index is -0.214. The maximum atomic E-state index is 12.7. The van der Waals surface area contributed by atoms with Crippen LogP contribution in [0.5, 0.6) is 0 Å². The first-order chi connectivity index (χ1) is 14.1. The Hall–Kier alpha value is -3.81. The average Bonchev–Trinajstić information content (AvgIpc) is 3.18. The van der Waals surface area contributed by atoms with Gasteiger partial charge in [-0.3, -0.25) is 19.1 Å². The molecule has 0 radical (unpaired) electrons. The van der Waals surface area contributed by atoms with E-state index >= 15 is 0 Å². The van der Waals surface area contributed by atoms with Gasteiger partial charge in [-0.1, -0.05) is 23.8 Å². The first kappa shape index (κ1) is 18.5. The summed E-state index contributed by atoms with van der Waals surface area (Å²) in [5, 5.41) is 7.56. The summed E-state index contributed by atoms with van der Waals surface area (Å²) in [5.74, 6) is -0.142. The van der Waals surface area contributed by atoms with Crippen LogP contribution in [0.3, 0.4) is 0 Å². The van der Waals surface area contributed by atoms with Crippen molar-refractivity contribution in [1.29, 1.82) is 0 Å². The third-order valence-electron chi connectivity index (χ3n) is 4.63. The molecule has 0 atom stereocenters. The number of carbonyl (C=O) groups is 1. The molecule has 1 aromatic carbocycles. The number of aryl methyl sites for hydroxylation is 2. The predicted octanol–water partition coefficient (Wildman–Crippen LogP) is 1.99. The van der Waals surface area contributed by atoms with Crippen molar-refractivity contribution in [3.8, 4) is 5.69 Å². The number of benzene rings is 1. The van der Waals surface area contributed by atoms with Gasteiger partial charge < -0.3 is 5.32 Å². The molecule has 0 aliphatic carbocycles. The van der Waals surface area contributed by atoms with Gasteiger partial charge >= 0.3 is 0 Å². The second kappa shape index (κ2) is 8.05. The molecular weight excluding hydrogens is 368 g/mol. The molecule has 4 rings (SSSR count). The van der Waals surface area contributed by atoms with Crippen LogP contribution in [-0.4, -0.2) is 30.2 Å². The molecule has 0 saturated heterocycles. The van der Waals surface area contributed by atoms with Crippen LogP contribution in [0.2, 0.25) is 0 Å². The van der Waals surface area contributed by atoms with Crippen molar-refractivity contribution in [3.63, 3.8) is 0 Å². The third-order valence-corrected chi connectivity index (χ3v) is 4.63. The van der Waals surface area contributed by atoms with Crippen molar-refractivity contribution in [3.05, 3.63) is 82.8 Å². The van der Waals surface area contributed by atoms with E-state index in [1.165, 1.54) is 17.1 Å². The highest BCUT2D eigenvalue weighted by atomic mass is 16.1. The average molecular weight is 388 g/mol. The monoisotopic (exact) mass is 388 g/mol. The lowest BCUT2D eigenvalue weighted by atomic mass is 10.2. The highest BCUT2D eigenvalue weighted by Crippen LogP contribution is 2.14. The fourth-order valence-corrected chi connectivity index (χ4v) is 3.00. The normalized spacial score (nSPS) is 10.9. The molecule has 3 aromatic heterocycles. The number of fused-ring (bicyclic) bond motifs is 1. The van der Waals surface area contributed by atoms with Crippen LogP contribution < -0.4 is 10.9 Å². The third kappa shape index (κ3) is 4.06. The van der Waals surface area contributed by atoms with Gasteiger partial charge in [-0.2, -0.15) is 5.10 Å². The lowest BCUT2D eigenvalue weighted by Crippen LogP contribution is -2.27. The van der Waals surface area contributed by atoms with E-state index in [1.807, 2.05) is 43.3 Å². The molecule has 0 spiro atoms. The lowest BCUT2D eigenvalue weighted by Gasteiger charge is -2.07. The summed E-state index contributed by atoms with van der Waals surface area (Å²) in [6, 6.07) is 11.5. The lowest BCUT2D eigenvalue weighted by molar-refractivity contribution is -0.121. The molecule has 0 unspecified atom stereocenters. The molecule has 0 fully saturated rings. The molecule has 0 bridgehead atoms. The van der Waals surface area contributed by atoms with Crippen LogP contribution in [0, 0.1) is 6.92 Å². The summed E-state index contributed by atoms with van der Waals surface area (Å²) in [5.41, 5.74) is 3.18. The number of rotatable bonds is 6. The summed E-state index contributed by atoms with van der Waals surface area (Å²) in [7, 11) is 0. The van der Waals surface area contributed by atoms with E-state index < -0.39 is 0 Å². The minimum absolute atomic E-state index is 0.142. The Kier molecular flexibility index (Phi) is 5.15. The van der Waals surface area contributed by atoms with E-state index in [1.54, 1.807) is 17.1 Å². The van der Waals surface area contributed by atoms with Gasteiger partial charge in [0.15, 0.2) is 5.65 Å². The van der Waals surface area contributed by atoms with Gasteiger partial charge in [-0.05, 0) is 30.7 Å². The predicted molar refractivity (Wildman–Crippen MR) is 109 cm³/mol. The molecule has 3 heterocycles. The molecule has 8 nitrogen and oxygen atoms in total. The summed E-state index contributed by atoms with van der Waals surface area (Å²) in [6.07, 6.45) is 6.55. The van der Waals surface area contributed by atoms with Crippen molar-refractivity contribution in [1.82, 2.24) is 29.6 Å². The van der Waals surface area contributed by atoms with Gasteiger partial charge in [0, 0.05) is 31.9 Å². The Morgan fingerprint density at radius 1 is 1.14 bits per heavy atom. The van der Waals surface area contributed by atoms with Crippen LogP contribution >= 0.6 is 0 Å². The maximum absolute atomic E-state index is 12.7. The smallest absolute Gasteiger partial charge is 0.264 e. The molecule has 0 aliphatic rings. The van der Waals surface area contributed by atoms with Gasteiger partial charge in [-0.25, -0.2) is 9.67 Å². The van der Waals surface area contributed by atoms with E-state index in [0.717, 1.165) is 16.8 Å². The van der Waals surface area contributed by atoms with Gasteiger partial charge in [0.2, 0.25) is 5.91 Å². The summed E-state index contributed by atoms with van der Waals surface area (Å²) in [6.45, 7) is 2.66. The zero-order valence-corrected chi connectivity index (χ0v) is 15.9. The van der Waals surface area contributed by atoms with Crippen LogP contribution in [0.15, 0.2) is 66.1 Å². The second-order valence-corrected chi connectivity index (χ2v) is 6.76. The van der Waals surface area contributed by atoms with Crippen molar-refractivity contribution >= 4 is 16.9 Å². The number of pyridine rings is 1. The first-order valence-corrected chi connectivity index (χ1v) is 9.27. The zero-order chi connectivity index (χ0) is 20.2. The van der Waals surface area contributed by atoms with E-state index in [9.17, 15) is 9.59 Å². The Morgan fingerprint density at radius 3 is 2.72 bits per heavy atom. The van der Waals surface area contributed by atoms with Crippen molar-refractivity contribution in [2.75, 3.05) is 0 Å². The van der Waals surface area contributed by atoms with E-state index in [-0.39, 0.29) is 24.4 Å². The van der Waals surface area contributed by atoms with Gasteiger partial charge in [0.05, 0.1) is 18.2 Å². The number of amides is 1. The standard InChI is InChI=1S/C21H20N6O2/c1-15-4-6-17(7-5-15)27-20-18(13-25-27)21(29)26(14-24-20)10-8-19(28)23-12-16-3-2-9-22-11-16/h2-7,9,11,13-14H,8,10,12H2,1H3,(H,23,28). The Balaban J connectivity index is 1.46. The van der Waals surface area contributed by atoms with Crippen molar-refractivity contribution in [2.24, 2.45) is 0 Å². The molecule has 146 valence electrons. The number of carbonyl (C=O) groups excluding carboxylic acids is 1. The molecule has 8 heteroatoms. The summed E-state index contributed by atoms with van der Waals surface area (Å²) < 4.78 is 3.08. The van der Waals surface area contributed by atoms with Crippen LogP contribution in [0.25, 0.3) is 16.7 Å². The molecule has 0 saturated carbocycles. The number of nitrogens with one attached hydrogen (secondary N) is 1. The molecular formula is C21H20N6O2. The van der Waals surface area contributed by atoms with E-state index in [2.05, 4.69) is 20.4 Å². The molecule has 4 aromatic rings. The molecule has 29 heavy (non-hydrogen) atoms. The first-order valence-electron chi connectivity index (χ1n) is 9.27. The SMILES string of the molecule is Cc1ccc(-n2ncc3c(=O)n(CCC(=O)NCc4cccnc4)cnc32)cc1. The Bertz CT molecular complexity index is 1200. The fraction of sp³-hybridized carbons (Fsp3) is 0.190. The highest BCUT2D eigenvalue weighted by molar-refractivity contribution is 5.76. The molecule has 0 aliphatic heterocycles. The fourth-order valence-electron chi connectivity index (χ4n) is 3.00. The minimum Gasteiger partial charge on any atom is -0.352 e. The Labute approximate surface area is 166 Å². The van der Waals surface area contributed by atoms with E-state index in [0.29, 0.717) is 17.6 Å².